The summed E-state index contributed by atoms with van der Waals surface area (Å²) in [6, 6.07) is 0. The number of guanidine groups is 1. The predicted molar refractivity (Wildman–Crippen MR) is 87.9 cm³/mol. The standard InChI is InChI=1S/C15H26N4OS/c1-11-12(2)21-14(19-11)9-18-15(16-3)17-7-4-8-20-10-13-5-6-13/h13H,4-10H2,1-3H3,(H2,16,17,18). The van der Waals surface area contributed by atoms with Gasteiger partial charge in [0.2, 0.25) is 0 Å². The molecule has 5 nitrogen and oxygen atoms in total. The Hall–Kier alpha value is -1.14. The number of nitrogens with zero attached hydrogens (tertiary/aromatic N) is 2. The molecule has 0 saturated heterocycles. The van der Waals surface area contributed by atoms with Crippen LogP contribution in [0.2, 0.25) is 0 Å². The summed E-state index contributed by atoms with van der Waals surface area (Å²) in [6.07, 6.45) is 3.71. The highest BCUT2D eigenvalue weighted by Crippen LogP contribution is 2.28. The lowest BCUT2D eigenvalue weighted by Gasteiger charge is -2.10. The van der Waals surface area contributed by atoms with Crippen LogP contribution in [0.5, 0.6) is 0 Å². The Kier molecular flexibility index (Phi) is 6.45. The van der Waals surface area contributed by atoms with Crippen LogP contribution < -0.4 is 10.6 Å². The third-order valence-corrected chi connectivity index (χ3v) is 4.58. The molecule has 0 bridgehead atoms. The van der Waals surface area contributed by atoms with E-state index < -0.39 is 0 Å². The Labute approximate surface area is 131 Å². The van der Waals surface area contributed by atoms with Crippen molar-refractivity contribution in [2.45, 2.75) is 39.7 Å². The molecule has 0 atom stereocenters. The van der Waals surface area contributed by atoms with E-state index in [2.05, 4.69) is 27.5 Å². The van der Waals surface area contributed by atoms with Crippen LogP contribution in [0.1, 0.15) is 34.8 Å². The molecular formula is C15H26N4OS. The molecule has 1 aliphatic carbocycles. The second-order valence-corrected chi connectivity index (χ2v) is 6.76. The van der Waals surface area contributed by atoms with Crippen molar-refractivity contribution in [3.8, 4) is 0 Å². The normalized spacial score (nSPS) is 15.3. The molecule has 0 aromatic carbocycles. The van der Waals surface area contributed by atoms with Crippen molar-refractivity contribution in [1.82, 2.24) is 15.6 Å². The van der Waals surface area contributed by atoms with Crippen LogP contribution in [0.3, 0.4) is 0 Å². The van der Waals surface area contributed by atoms with E-state index in [1.807, 2.05) is 6.92 Å². The number of thiazole rings is 1. The van der Waals surface area contributed by atoms with Crippen LogP contribution in [-0.4, -0.2) is 37.7 Å². The Balaban J connectivity index is 1.56. The van der Waals surface area contributed by atoms with Crippen molar-refractivity contribution in [3.63, 3.8) is 0 Å². The van der Waals surface area contributed by atoms with E-state index >= 15 is 0 Å². The number of ether oxygens (including phenoxy) is 1. The van der Waals surface area contributed by atoms with Crippen LogP contribution in [0, 0.1) is 19.8 Å². The van der Waals surface area contributed by atoms with Crippen LogP contribution in [0.15, 0.2) is 4.99 Å². The fourth-order valence-electron chi connectivity index (χ4n) is 1.91. The third-order valence-electron chi connectivity index (χ3n) is 3.51. The van der Waals surface area contributed by atoms with Crippen LogP contribution >= 0.6 is 11.3 Å². The fraction of sp³-hybridized carbons (Fsp3) is 0.733. The van der Waals surface area contributed by atoms with Crippen molar-refractivity contribution >= 4 is 17.3 Å². The average molecular weight is 310 g/mol. The number of hydrogen-bond donors (Lipinski definition) is 2. The number of aliphatic imine (C=N–C) groups is 1. The monoisotopic (exact) mass is 310 g/mol. The van der Waals surface area contributed by atoms with Crippen molar-refractivity contribution < 1.29 is 4.74 Å². The Morgan fingerprint density at radius 2 is 2.19 bits per heavy atom. The first-order chi connectivity index (χ1) is 10.2. The Morgan fingerprint density at radius 1 is 1.38 bits per heavy atom. The molecule has 0 radical (unpaired) electrons. The third kappa shape index (κ3) is 6.01. The first kappa shape index (κ1) is 16.2. The highest BCUT2D eigenvalue weighted by Gasteiger charge is 2.20. The van der Waals surface area contributed by atoms with Crippen molar-refractivity contribution in [2.24, 2.45) is 10.9 Å². The molecule has 0 aliphatic heterocycles. The lowest BCUT2D eigenvalue weighted by molar-refractivity contribution is 0.123. The molecule has 21 heavy (non-hydrogen) atoms. The maximum Gasteiger partial charge on any atom is 0.191 e. The number of hydrogen-bond acceptors (Lipinski definition) is 4. The van der Waals surface area contributed by atoms with E-state index in [1.54, 1.807) is 18.4 Å². The number of nitrogens with one attached hydrogen (secondary N) is 2. The molecule has 1 aromatic rings. The zero-order chi connectivity index (χ0) is 15.1. The lowest BCUT2D eigenvalue weighted by atomic mass is 10.4. The van der Waals surface area contributed by atoms with Gasteiger partial charge >= 0.3 is 0 Å². The van der Waals surface area contributed by atoms with E-state index in [0.717, 1.165) is 55.3 Å². The van der Waals surface area contributed by atoms with Gasteiger partial charge in [-0.15, -0.1) is 11.3 Å². The number of rotatable bonds is 8. The first-order valence-corrected chi connectivity index (χ1v) is 8.46. The molecule has 1 aromatic heterocycles. The Bertz CT molecular complexity index is 449. The van der Waals surface area contributed by atoms with E-state index in [0.29, 0.717) is 0 Å². The van der Waals surface area contributed by atoms with Gasteiger partial charge in [0.15, 0.2) is 5.96 Å². The van der Waals surface area contributed by atoms with Crippen molar-refractivity contribution in [2.75, 3.05) is 26.8 Å². The molecular weight excluding hydrogens is 284 g/mol. The van der Waals surface area contributed by atoms with Gasteiger partial charge in [-0.25, -0.2) is 4.98 Å². The molecule has 118 valence electrons. The van der Waals surface area contributed by atoms with E-state index in [9.17, 15) is 0 Å². The first-order valence-electron chi connectivity index (χ1n) is 7.64. The van der Waals surface area contributed by atoms with Gasteiger partial charge in [0, 0.05) is 31.7 Å². The van der Waals surface area contributed by atoms with Gasteiger partial charge in [-0.3, -0.25) is 4.99 Å². The second kappa shape index (κ2) is 8.34. The molecule has 6 heteroatoms. The molecule has 2 N–H and O–H groups in total. The maximum atomic E-state index is 5.61. The summed E-state index contributed by atoms with van der Waals surface area (Å²) >= 11 is 1.73. The van der Waals surface area contributed by atoms with Gasteiger partial charge in [0.05, 0.1) is 12.2 Å². The molecule has 2 rings (SSSR count). The van der Waals surface area contributed by atoms with Crippen LogP contribution in [-0.2, 0) is 11.3 Å². The molecule has 1 aliphatic rings. The minimum absolute atomic E-state index is 0.719. The minimum atomic E-state index is 0.719. The highest BCUT2D eigenvalue weighted by molar-refractivity contribution is 7.11. The summed E-state index contributed by atoms with van der Waals surface area (Å²) in [4.78, 5) is 10.0. The molecule has 0 spiro atoms. The molecule has 1 heterocycles. The van der Waals surface area contributed by atoms with Crippen LogP contribution in [0.4, 0.5) is 0 Å². The lowest BCUT2D eigenvalue weighted by Crippen LogP contribution is -2.37. The van der Waals surface area contributed by atoms with E-state index in [-0.39, 0.29) is 0 Å². The second-order valence-electron chi connectivity index (χ2n) is 5.47. The molecule has 1 fully saturated rings. The summed E-state index contributed by atoms with van der Waals surface area (Å²) < 4.78 is 5.61. The highest BCUT2D eigenvalue weighted by atomic mass is 32.1. The zero-order valence-corrected chi connectivity index (χ0v) is 14.1. The van der Waals surface area contributed by atoms with Crippen molar-refractivity contribution in [3.05, 3.63) is 15.6 Å². The van der Waals surface area contributed by atoms with E-state index in [1.165, 1.54) is 17.7 Å². The largest absolute Gasteiger partial charge is 0.381 e. The minimum Gasteiger partial charge on any atom is -0.381 e. The maximum absolute atomic E-state index is 5.61. The summed E-state index contributed by atoms with van der Waals surface area (Å²) in [5.41, 5.74) is 1.12. The number of aromatic nitrogens is 1. The van der Waals surface area contributed by atoms with Crippen molar-refractivity contribution in [1.29, 1.82) is 0 Å². The predicted octanol–water partition coefficient (Wildman–Crippen LogP) is 2.24. The molecule has 0 unspecified atom stereocenters. The van der Waals surface area contributed by atoms with Gasteiger partial charge in [-0.2, -0.15) is 0 Å². The summed E-state index contributed by atoms with van der Waals surface area (Å²) in [5.74, 6) is 1.67. The summed E-state index contributed by atoms with van der Waals surface area (Å²) in [5, 5.41) is 7.69. The summed E-state index contributed by atoms with van der Waals surface area (Å²) in [6.45, 7) is 7.51. The van der Waals surface area contributed by atoms with Gasteiger partial charge in [-0.1, -0.05) is 0 Å². The Morgan fingerprint density at radius 3 is 2.81 bits per heavy atom. The number of aryl methyl sites for hydroxylation is 2. The molecule has 1 saturated carbocycles. The van der Waals surface area contributed by atoms with Gasteiger partial charge in [0.1, 0.15) is 5.01 Å². The topological polar surface area (TPSA) is 58.5 Å². The van der Waals surface area contributed by atoms with Gasteiger partial charge in [0.25, 0.3) is 0 Å². The van der Waals surface area contributed by atoms with Gasteiger partial charge < -0.3 is 15.4 Å². The van der Waals surface area contributed by atoms with Crippen LogP contribution in [0.25, 0.3) is 0 Å². The zero-order valence-electron chi connectivity index (χ0n) is 13.2. The fourth-order valence-corrected chi connectivity index (χ4v) is 2.78. The average Bonchev–Trinajstić information content (AvgIpc) is 3.23. The smallest absolute Gasteiger partial charge is 0.191 e. The molecule has 0 amide bonds. The summed E-state index contributed by atoms with van der Waals surface area (Å²) in [7, 11) is 1.79. The SMILES string of the molecule is CN=C(NCCCOCC1CC1)NCc1nc(C)c(C)s1. The quantitative estimate of drug-likeness (QED) is 0.439. The van der Waals surface area contributed by atoms with E-state index in [4.69, 9.17) is 4.74 Å². The van der Waals surface area contributed by atoms with Gasteiger partial charge in [-0.05, 0) is 39.0 Å².